The molecule has 0 aliphatic carbocycles. The van der Waals surface area contributed by atoms with Crippen LogP contribution < -0.4 is 10.6 Å². The molecule has 6 nitrogen and oxygen atoms in total. The summed E-state index contributed by atoms with van der Waals surface area (Å²) in [5, 5.41) is 8.52. The summed E-state index contributed by atoms with van der Waals surface area (Å²) in [6, 6.07) is 10.5. The summed E-state index contributed by atoms with van der Waals surface area (Å²) in [6.45, 7) is 0. The molecular weight excluding hydrogens is 435 g/mol. The maximum absolute atomic E-state index is 12.9. The number of carbonyl (C=O) groups excluding carboxylic acids is 2. The topological polar surface area (TPSA) is 84.0 Å². The molecule has 0 atom stereocenters. The smallest absolute Gasteiger partial charge is 0.257 e. The van der Waals surface area contributed by atoms with Crippen LogP contribution in [-0.4, -0.2) is 21.8 Å². The van der Waals surface area contributed by atoms with Gasteiger partial charge >= 0.3 is 0 Å². The van der Waals surface area contributed by atoms with Crippen molar-refractivity contribution < 1.29 is 14.0 Å². The molecule has 2 N–H and O–H groups in total. The zero-order chi connectivity index (χ0) is 20.4. The van der Waals surface area contributed by atoms with E-state index < -0.39 is 11.7 Å². The number of nitrogens with zero attached hydrogens (tertiary/aromatic N) is 2. The number of fused-ring (bicyclic) bond motifs is 1. The largest absolute Gasteiger partial charge is 0.302 e. The minimum atomic E-state index is -0.416. The second-order valence-electron chi connectivity index (χ2n) is 5.96. The highest BCUT2D eigenvalue weighted by Crippen LogP contribution is 2.28. The summed E-state index contributed by atoms with van der Waals surface area (Å²) >= 11 is 8.50. The van der Waals surface area contributed by atoms with Crippen molar-refractivity contribution in [2.75, 3.05) is 10.6 Å². The van der Waals surface area contributed by atoms with Crippen molar-refractivity contribution in [3.05, 3.63) is 69.9 Å². The molecule has 4 rings (SSSR count). The second-order valence-corrected chi connectivity index (χ2v) is 8.29. The van der Waals surface area contributed by atoms with Crippen molar-refractivity contribution >= 4 is 66.6 Å². The Labute approximate surface area is 177 Å². The molecule has 2 aromatic carbocycles. The van der Waals surface area contributed by atoms with Crippen molar-refractivity contribution in [3.63, 3.8) is 0 Å². The van der Waals surface area contributed by atoms with Gasteiger partial charge < -0.3 is 5.32 Å². The maximum atomic E-state index is 12.9. The molecule has 0 aliphatic rings. The molecule has 0 aliphatic heterocycles. The lowest BCUT2D eigenvalue weighted by atomic mass is 10.2. The van der Waals surface area contributed by atoms with E-state index in [0.717, 1.165) is 10.2 Å². The Morgan fingerprint density at radius 2 is 1.83 bits per heavy atom. The van der Waals surface area contributed by atoms with Gasteiger partial charge in [0.25, 0.3) is 5.91 Å². The van der Waals surface area contributed by atoms with Crippen LogP contribution in [0.2, 0.25) is 5.02 Å². The van der Waals surface area contributed by atoms with Gasteiger partial charge in [-0.05, 0) is 42.5 Å². The molecule has 0 saturated carbocycles. The van der Waals surface area contributed by atoms with Crippen LogP contribution >= 0.6 is 34.3 Å². The van der Waals surface area contributed by atoms with Crippen molar-refractivity contribution in [2.45, 2.75) is 6.42 Å². The first-order valence-corrected chi connectivity index (χ1v) is 10.4. The number of benzene rings is 2. The fourth-order valence-corrected chi connectivity index (χ4v) is 4.36. The average Bonchev–Trinajstić information content (AvgIpc) is 3.27. The zero-order valence-electron chi connectivity index (χ0n) is 14.6. The van der Waals surface area contributed by atoms with Gasteiger partial charge in [0, 0.05) is 16.0 Å². The number of hydrogen-bond acceptors (Lipinski definition) is 6. The lowest BCUT2D eigenvalue weighted by Gasteiger charge is -2.01. The number of thiazole rings is 2. The number of rotatable bonds is 5. The van der Waals surface area contributed by atoms with E-state index in [9.17, 15) is 14.0 Å². The minimum Gasteiger partial charge on any atom is -0.302 e. The summed E-state index contributed by atoms with van der Waals surface area (Å²) in [6.07, 6.45) is 0.0413. The lowest BCUT2D eigenvalue weighted by molar-refractivity contribution is -0.115. The van der Waals surface area contributed by atoms with Gasteiger partial charge in [-0.3, -0.25) is 14.9 Å². The standard InChI is InChI=1S/C19H12ClFN4O2S2/c20-11-3-6-14-15(7-11)29-19(23-14)24-16(26)8-13-9-28-18(22-13)25-17(27)10-1-4-12(21)5-2-10/h1-7,9H,8H2,(H,22,25,27)(H,23,24,26). The molecule has 2 heterocycles. The molecule has 2 amide bonds. The lowest BCUT2D eigenvalue weighted by Crippen LogP contribution is -2.15. The van der Waals surface area contributed by atoms with Crippen LogP contribution in [0.25, 0.3) is 10.2 Å². The number of hydrogen-bond donors (Lipinski definition) is 2. The summed E-state index contributed by atoms with van der Waals surface area (Å²) < 4.78 is 13.8. The average molecular weight is 447 g/mol. The molecule has 29 heavy (non-hydrogen) atoms. The predicted octanol–water partition coefficient (Wildman–Crippen LogP) is 4.98. The zero-order valence-corrected chi connectivity index (χ0v) is 17.0. The SMILES string of the molecule is O=C(Cc1csc(NC(=O)c2ccc(F)cc2)n1)Nc1nc2ccc(Cl)cc2s1. The Hall–Kier alpha value is -2.88. The van der Waals surface area contributed by atoms with E-state index in [0.29, 0.717) is 26.5 Å². The van der Waals surface area contributed by atoms with E-state index >= 15 is 0 Å². The van der Waals surface area contributed by atoms with Crippen LogP contribution in [-0.2, 0) is 11.2 Å². The van der Waals surface area contributed by atoms with Gasteiger partial charge in [-0.15, -0.1) is 11.3 Å². The normalized spacial score (nSPS) is 10.8. The first-order chi connectivity index (χ1) is 14.0. The Morgan fingerprint density at radius 1 is 1.03 bits per heavy atom. The summed E-state index contributed by atoms with van der Waals surface area (Å²) in [7, 11) is 0. The third-order valence-corrected chi connectivity index (χ3v) is 5.79. The van der Waals surface area contributed by atoms with Crippen LogP contribution in [0.1, 0.15) is 16.1 Å². The van der Waals surface area contributed by atoms with Gasteiger partial charge in [0.15, 0.2) is 10.3 Å². The van der Waals surface area contributed by atoms with E-state index in [1.54, 1.807) is 23.6 Å². The van der Waals surface area contributed by atoms with E-state index in [4.69, 9.17) is 11.6 Å². The van der Waals surface area contributed by atoms with Gasteiger partial charge in [0.05, 0.1) is 22.3 Å². The van der Waals surface area contributed by atoms with E-state index in [1.807, 2.05) is 0 Å². The number of halogens is 2. The number of anilines is 2. The molecule has 2 aromatic heterocycles. The Balaban J connectivity index is 1.37. The maximum Gasteiger partial charge on any atom is 0.257 e. The highest BCUT2D eigenvalue weighted by molar-refractivity contribution is 7.22. The number of aromatic nitrogens is 2. The monoisotopic (exact) mass is 446 g/mol. The predicted molar refractivity (Wildman–Crippen MR) is 113 cm³/mol. The van der Waals surface area contributed by atoms with Gasteiger partial charge in [0.2, 0.25) is 5.91 Å². The molecule has 0 saturated heterocycles. The van der Waals surface area contributed by atoms with E-state index in [2.05, 4.69) is 20.6 Å². The Morgan fingerprint density at radius 3 is 2.62 bits per heavy atom. The van der Waals surface area contributed by atoms with Crippen LogP contribution in [0.4, 0.5) is 14.7 Å². The van der Waals surface area contributed by atoms with Gasteiger partial charge in [-0.2, -0.15) is 0 Å². The van der Waals surface area contributed by atoms with Gasteiger partial charge in [0.1, 0.15) is 5.82 Å². The number of amides is 2. The fraction of sp³-hybridized carbons (Fsp3) is 0.0526. The third-order valence-electron chi connectivity index (χ3n) is 3.82. The molecule has 0 bridgehead atoms. The second kappa shape index (κ2) is 8.24. The fourth-order valence-electron chi connectivity index (χ4n) is 2.50. The quantitative estimate of drug-likeness (QED) is 0.453. The van der Waals surface area contributed by atoms with Crippen LogP contribution in [0, 0.1) is 5.82 Å². The number of carbonyl (C=O) groups is 2. The molecule has 0 radical (unpaired) electrons. The van der Waals surface area contributed by atoms with E-state index in [1.165, 1.54) is 46.9 Å². The third kappa shape index (κ3) is 4.76. The summed E-state index contributed by atoms with van der Waals surface area (Å²) in [4.78, 5) is 33.0. The molecular formula is C19H12ClFN4O2S2. The van der Waals surface area contributed by atoms with Crippen molar-refractivity contribution in [2.24, 2.45) is 0 Å². The van der Waals surface area contributed by atoms with Gasteiger partial charge in [-0.25, -0.2) is 14.4 Å². The molecule has 0 fully saturated rings. The molecule has 10 heteroatoms. The van der Waals surface area contributed by atoms with Crippen LogP contribution in [0.15, 0.2) is 47.8 Å². The van der Waals surface area contributed by atoms with Gasteiger partial charge in [-0.1, -0.05) is 22.9 Å². The first kappa shape index (κ1) is 19.4. The molecule has 0 unspecified atom stereocenters. The number of nitrogens with one attached hydrogen (secondary N) is 2. The highest BCUT2D eigenvalue weighted by atomic mass is 35.5. The Kier molecular flexibility index (Phi) is 5.52. The summed E-state index contributed by atoms with van der Waals surface area (Å²) in [5.41, 5.74) is 1.59. The molecule has 0 spiro atoms. The Bertz CT molecular complexity index is 1210. The van der Waals surface area contributed by atoms with E-state index in [-0.39, 0.29) is 12.3 Å². The van der Waals surface area contributed by atoms with Crippen molar-refractivity contribution in [1.29, 1.82) is 0 Å². The summed E-state index contributed by atoms with van der Waals surface area (Å²) in [5.74, 6) is -1.08. The molecule has 146 valence electrons. The van der Waals surface area contributed by atoms with Crippen LogP contribution in [0.5, 0.6) is 0 Å². The highest BCUT2D eigenvalue weighted by Gasteiger charge is 2.13. The van der Waals surface area contributed by atoms with Crippen molar-refractivity contribution in [3.8, 4) is 0 Å². The molecule has 4 aromatic rings. The van der Waals surface area contributed by atoms with Crippen LogP contribution in [0.3, 0.4) is 0 Å². The first-order valence-electron chi connectivity index (χ1n) is 8.33. The minimum absolute atomic E-state index is 0.0413. The van der Waals surface area contributed by atoms with Crippen molar-refractivity contribution in [1.82, 2.24) is 9.97 Å².